The van der Waals surface area contributed by atoms with Crippen LogP contribution in [0.15, 0.2) is 42.3 Å². The second kappa shape index (κ2) is 7.45. The van der Waals surface area contributed by atoms with Gasteiger partial charge in [-0.05, 0) is 31.7 Å². The van der Waals surface area contributed by atoms with Gasteiger partial charge in [0.15, 0.2) is 0 Å². The molecule has 0 bridgehead atoms. The second-order valence-electron chi connectivity index (χ2n) is 6.49. The summed E-state index contributed by atoms with van der Waals surface area (Å²) in [7, 11) is 3.73. The fourth-order valence-corrected chi connectivity index (χ4v) is 3.12. The van der Waals surface area contributed by atoms with E-state index in [9.17, 15) is 4.79 Å². The quantitative estimate of drug-likeness (QED) is 0.476. The predicted molar refractivity (Wildman–Crippen MR) is 102 cm³/mol. The third-order valence-electron chi connectivity index (χ3n) is 4.56. The van der Waals surface area contributed by atoms with Crippen LogP contribution in [0.25, 0.3) is 0 Å². The van der Waals surface area contributed by atoms with E-state index in [0.717, 1.165) is 31.9 Å². The van der Waals surface area contributed by atoms with Crippen molar-refractivity contribution in [2.24, 2.45) is 0 Å². The lowest BCUT2D eigenvalue weighted by atomic mass is 9.93. The first-order valence-corrected chi connectivity index (χ1v) is 8.85. The minimum Gasteiger partial charge on any atom is -0.368 e. The Morgan fingerprint density at radius 2 is 2.04 bits per heavy atom. The van der Waals surface area contributed by atoms with Crippen LogP contribution < -0.4 is 15.5 Å². The Morgan fingerprint density at radius 3 is 2.56 bits per heavy atom. The van der Waals surface area contributed by atoms with Gasteiger partial charge in [-0.15, -0.1) is 11.6 Å². The van der Waals surface area contributed by atoms with Crippen LogP contribution in [0.1, 0.15) is 6.42 Å². The molecule has 2 aliphatic rings. The zero-order chi connectivity index (χ0) is 17.9. The zero-order valence-electron chi connectivity index (χ0n) is 14.6. The number of piperazine rings is 1. The number of aromatic nitrogens is 1. The summed E-state index contributed by atoms with van der Waals surface area (Å²) in [5, 5.41) is 5.71. The van der Waals surface area contributed by atoms with Crippen LogP contribution in [0.4, 0.5) is 11.5 Å². The van der Waals surface area contributed by atoms with E-state index in [2.05, 4.69) is 32.5 Å². The van der Waals surface area contributed by atoms with Gasteiger partial charge in [0, 0.05) is 33.2 Å². The Balaban J connectivity index is 1.70. The molecule has 1 aliphatic carbocycles. The van der Waals surface area contributed by atoms with E-state index < -0.39 is 4.87 Å². The van der Waals surface area contributed by atoms with E-state index in [4.69, 9.17) is 11.6 Å². The van der Waals surface area contributed by atoms with Gasteiger partial charge in [0.2, 0.25) is 0 Å². The Hall–Kier alpha value is -2.05. The number of pyridine rings is 1. The minimum atomic E-state index is -0.589. The van der Waals surface area contributed by atoms with Gasteiger partial charge in [-0.3, -0.25) is 4.79 Å². The maximum atomic E-state index is 12.1. The number of amides is 1. The number of hydrogen-bond acceptors (Lipinski definition) is 5. The van der Waals surface area contributed by atoms with Crippen LogP contribution >= 0.6 is 11.6 Å². The van der Waals surface area contributed by atoms with Crippen LogP contribution in [0, 0.1) is 0 Å². The minimum absolute atomic E-state index is 0.217. The molecular formula is C18H24ClN5O. The molecule has 134 valence electrons. The zero-order valence-corrected chi connectivity index (χ0v) is 15.4. The Morgan fingerprint density at radius 1 is 1.32 bits per heavy atom. The van der Waals surface area contributed by atoms with Crippen LogP contribution in [-0.4, -0.2) is 60.9 Å². The molecule has 0 aromatic carbocycles. The number of hydrogen-bond donors (Lipinski definition) is 2. The van der Waals surface area contributed by atoms with Crippen LogP contribution in [0.2, 0.25) is 0 Å². The van der Waals surface area contributed by atoms with Crippen LogP contribution in [0.3, 0.4) is 0 Å². The summed E-state index contributed by atoms with van der Waals surface area (Å²) in [5.74, 6) is 0.404. The summed E-state index contributed by atoms with van der Waals surface area (Å²) in [6.07, 6.45) is 8.15. The molecule has 1 amide bonds. The lowest BCUT2D eigenvalue weighted by Gasteiger charge is -2.33. The molecule has 1 unspecified atom stereocenters. The van der Waals surface area contributed by atoms with Crippen LogP contribution in [0.5, 0.6) is 0 Å². The van der Waals surface area contributed by atoms with Gasteiger partial charge < -0.3 is 20.4 Å². The Kier molecular flexibility index (Phi) is 5.30. The highest BCUT2D eigenvalue weighted by Crippen LogP contribution is 2.33. The molecule has 1 aromatic rings. The molecular weight excluding hydrogens is 338 g/mol. The molecule has 1 aromatic heterocycles. The van der Waals surface area contributed by atoms with Gasteiger partial charge in [0.05, 0.1) is 16.8 Å². The molecule has 2 heterocycles. The standard InChI is InChI=1S/C18H24ClN5O/c1-20-17(25)15(12-18(19)6-3-7-18)22-16-5-4-14(13-21-16)24-10-8-23(2)9-11-24/h3-6,12-13H,7-11H2,1-2H3,(H,20,25)(H,21,22)/b15-12+. The predicted octanol–water partition coefficient (Wildman–Crippen LogP) is 1.81. The average Bonchev–Trinajstić information content (AvgIpc) is 2.60. The number of carbonyl (C=O) groups excluding carboxylic acids is 1. The first-order valence-electron chi connectivity index (χ1n) is 8.47. The van der Waals surface area contributed by atoms with Crippen molar-refractivity contribution in [3.63, 3.8) is 0 Å². The third-order valence-corrected chi connectivity index (χ3v) is 4.95. The molecule has 1 aliphatic heterocycles. The van der Waals surface area contributed by atoms with Crippen molar-refractivity contribution >= 4 is 29.0 Å². The van der Waals surface area contributed by atoms with Gasteiger partial charge in [-0.1, -0.05) is 12.2 Å². The maximum Gasteiger partial charge on any atom is 0.267 e. The highest BCUT2D eigenvalue weighted by Gasteiger charge is 2.28. The molecule has 6 nitrogen and oxygen atoms in total. The topological polar surface area (TPSA) is 60.5 Å². The number of halogens is 1. The van der Waals surface area contributed by atoms with Gasteiger partial charge in [-0.2, -0.15) is 0 Å². The van der Waals surface area contributed by atoms with Gasteiger partial charge in [0.25, 0.3) is 5.91 Å². The summed E-state index contributed by atoms with van der Waals surface area (Å²) in [6, 6.07) is 3.92. The number of likely N-dealkylation sites (N-methyl/N-ethyl adjacent to an activating group) is 2. The lowest BCUT2D eigenvalue weighted by Crippen LogP contribution is -2.44. The van der Waals surface area contributed by atoms with E-state index in [1.807, 2.05) is 30.5 Å². The molecule has 1 fully saturated rings. The number of carbonyl (C=O) groups is 1. The SMILES string of the molecule is CNC(=O)/C(=C\C1(Cl)C=CC1)Nc1ccc(N2CCN(C)CC2)cn1. The van der Waals surface area contributed by atoms with Crippen LogP contribution in [-0.2, 0) is 4.79 Å². The van der Waals surface area contributed by atoms with E-state index >= 15 is 0 Å². The summed E-state index contributed by atoms with van der Waals surface area (Å²) < 4.78 is 0. The van der Waals surface area contributed by atoms with Crippen molar-refractivity contribution in [3.8, 4) is 0 Å². The number of nitrogens with zero attached hydrogens (tertiary/aromatic N) is 3. The van der Waals surface area contributed by atoms with E-state index in [-0.39, 0.29) is 5.91 Å². The monoisotopic (exact) mass is 361 g/mol. The first-order chi connectivity index (χ1) is 12.0. The fourth-order valence-electron chi connectivity index (χ4n) is 2.83. The Labute approximate surface area is 153 Å². The Bertz CT molecular complexity index is 679. The van der Waals surface area contributed by atoms with E-state index in [0.29, 0.717) is 17.9 Å². The maximum absolute atomic E-state index is 12.1. The number of allylic oxidation sites excluding steroid dienone is 3. The van der Waals surface area contributed by atoms with Crippen molar-refractivity contribution in [3.05, 3.63) is 42.3 Å². The van der Waals surface area contributed by atoms with Crippen molar-refractivity contribution < 1.29 is 4.79 Å². The van der Waals surface area contributed by atoms with Crippen molar-refractivity contribution in [1.82, 2.24) is 15.2 Å². The summed E-state index contributed by atoms with van der Waals surface area (Å²) in [5.41, 5.74) is 1.50. The number of rotatable bonds is 5. The smallest absolute Gasteiger partial charge is 0.267 e. The third kappa shape index (κ3) is 4.32. The number of nitrogens with one attached hydrogen (secondary N) is 2. The molecule has 1 atom stereocenters. The van der Waals surface area contributed by atoms with Gasteiger partial charge in [-0.25, -0.2) is 4.98 Å². The van der Waals surface area contributed by atoms with Crippen molar-refractivity contribution in [2.75, 3.05) is 50.5 Å². The average molecular weight is 362 g/mol. The van der Waals surface area contributed by atoms with E-state index in [1.165, 1.54) is 0 Å². The molecule has 25 heavy (non-hydrogen) atoms. The molecule has 3 rings (SSSR count). The molecule has 7 heteroatoms. The molecule has 1 saturated heterocycles. The summed E-state index contributed by atoms with van der Waals surface area (Å²) in [6.45, 7) is 4.09. The lowest BCUT2D eigenvalue weighted by molar-refractivity contribution is -0.116. The van der Waals surface area contributed by atoms with E-state index in [1.54, 1.807) is 13.1 Å². The largest absolute Gasteiger partial charge is 0.368 e. The highest BCUT2D eigenvalue weighted by molar-refractivity contribution is 6.28. The van der Waals surface area contributed by atoms with Crippen molar-refractivity contribution in [2.45, 2.75) is 11.3 Å². The first kappa shape index (κ1) is 17.8. The van der Waals surface area contributed by atoms with Gasteiger partial charge in [0.1, 0.15) is 11.5 Å². The molecule has 2 N–H and O–H groups in total. The number of alkyl halides is 1. The number of anilines is 2. The second-order valence-corrected chi connectivity index (χ2v) is 7.19. The summed E-state index contributed by atoms with van der Waals surface area (Å²) >= 11 is 6.39. The van der Waals surface area contributed by atoms with Crippen molar-refractivity contribution in [1.29, 1.82) is 0 Å². The molecule has 0 saturated carbocycles. The summed E-state index contributed by atoms with van der Waals surface area (Å²) in [4.78, 5) is 20.6. The molecule has 0 radical (unpaired) electrons. The van der Waals surface area contributed by atoms with Gasteiger partial charge >= 0.3 is 0 Å². The fraction of sp³-hybridized carbons (Fsp3) is 0.444. The molecule has 0 spiro atoms. The highest BCUT2D eigenvalue weighted by atomic mass is 35.5. The normalized spacial score (nSPS) is 24.0.